The van der Waals surface area contributed by atoms with Gasteiger partial charge in [0.15, 0.2) is 0 Å². The molecule has 2 amide bonds. The molecule has 0 aromatic heterocycles. The zero-order valence-corrected chi connectivity index (χ0v) is 19.0. The third kappa shape index (κ3) is 4.50. The molecule has 2 N–H and O–H groups in total. The molecule has 2 atom stereocenters. The molecule has 0 heterocycles. The van der Waals surface area contributed by atoms with Gasteiger partial charge in [-0.2, -0.15) is 0 Å². The van der Waals surface area contributed by atoms with Crippen LogP contribution in [0, 0.1) is 0 Å². The lowest BCUT2D eigenvalue weighted by Crippen LogP contribution is -2.47. The summed E-state index contributed by atoms with van der Waals surface area (Å²) in [6, 6.07) is 22.6. The van der Waals surface area contributed by atoms with Crippen molar-refractivity contribution in [1.29, 1.82) is 0 Å². The van der Waals surface area contributed by atoms with E-state index in [0.29, 0.717) is 5.56 Å². The highest BCUT2D eigenvalue weighted by Crippen LogP contribution is 2.44. The van der Waals surface area contributed by atoms with Gasteiger partial charge in [0.1, 0.15) is 18.7 Å². The summed E-state index contributed by atoms with van der Waals surface area (Å²) in [5, 5.41) is 11.9. The molecule has 0 bridgehead atoms. The van der Waals surface area contributed by atoms with E-state index in [1.54, 1.807) is 30.3 Å². The number of carboxylic acids is 1. The summed E-state index contributed by atoms with van der Waals surface area (Å²) in [6.45, 7) is 1.52. The van der Waals surface area contributed by atoms with Gasteiger partial charge in [-0.25, -0.2) is 9.59 Å². The number of fused-ring (bicyclic) bond motifs is 3. The summed E-state index contributed by atoms with van der Waals surface area (Å²) < 4.78 is 5.59. The maximum absolute atomic E-state index is 13.1. The minimum atomic E-state index is -1.14. The Morgan fingerprint density at radius 2 is 1.44 bits per heavy atom. The van der Waals surface area contributed by atoms with Crippen LogP contribution >= 0.6 is 0 Å². The van der Waals surface area contributed by atoms with Gasteiger partial charge in [0.2, 0.25) is 5.91 Å². The van der Waals surface area contributed by atoms with Crippen LogP contribution in [0.25, 0.3) is 11.1 Å². The van der Waals surface area contributed by atoms with E-state index < -0.39 is 30.1 Å². The highest BCUT2D eigenvalue weighted by molar-refractivity contribution is 5.90. The number of hydrogen-bond acceptors (Lipinski definition) is 4. The number of aliphatic carboxylic acids is 1. The average molecular weight is 459 g/mol. The van der Waals surface area contributed by atoms with Gasteiger partial charge in [-0.1, -0.05) is 78.9 Å². The number of carbonyl (C=O) groups excluding carboxylic acids is 2. The van der Waals surface area contributed by atoms with Crippen molar-refractivity contribution in [3.05, 3.63) is 95.6 Å². The summed E-state index contributed by atoms with van der Waals surface area (Å²) in [5.41, 5.74) is 4.94. The Labute approximate surface area is 198 Å². The summed E-state index contributed by atoms with van der Waals surface area (Å²) in [6.07, 6.45) is -0.750. The van der Waals surface area contributed by atoms with Crippen LogP contribution in [0.3, 0.4) is 0 Å². The molecule has 4 rings (SSSR count). The van der Waals surface area contributed by atoms with Crippen LogP contribution in [0.2, 0.25) is 0 Å². The SMILES string of the molecule is CC(C(=O)O)N(C)C(=O)[C@@H](NC(=O)OCC1c2ccccc2-c2ccccc21)c1ccccc1. The number of alkyl carbamates (subject to hydrolysis) is 1. The van der Waals surface area contributed by atoms with Crippen molar-refractivity contribution in [2.45, 2.75) is 24.9 Å². The Balaban J connectivity index is 1.51. The molecule has 174 valence electrons. The van der Waals surface area contributed by atoms with Gasteiger partial charge in [0.25, 0.3) is 0 Å². The fraction of sp³-hybridized carbons (Fsp3) is 0.222. The van der Waals surface area contributed by atoms with Gasteiger partial charge in [-0.3, -0.25) is 4.79 Å². The van der Waals surface area contributed by atoms with E-state index in [4.69, 9.17) is 4.74 Å². The van der Waals surface area contributed by atoms with Gasteiger partial charge >= 0.3 is 12.1 Å². The predicted octanol–water partition coefficient (Wildman–Crippen LogP) is 4.20. The average Bonchev–Trinajstić information content (AvgIpc) is 3.19. The Bertz CT molecular complexity index is 1160. The van der Waals surface area contributed by atoms with Crippen LogP contribution in [0.5, 0.6) is 0 Å². The third-order valence-electron chi connectivity index (χ3n) is 6.27. The standard InChI is InChI=1S/C27H26N2O5/c1-17(26(31)32)29(2)25(30)24(18-10-4-3-5-11-18)28-27(33)34-16-23-21-14-8-6-12-19(21)20-13-7-9-15-22(20)23/h3-15,17,23-24H,16H2,1-2H3,(H,28,33)(H,31,32)/t17?,24-/m0/s1. The number of amides is 2. The van der Waals surface area contributed by atoms with Crippen LogP contribution in [0.4, 0.5) is 4.79 Å². The van der Waals surface area contributed by atoms with Crippen molar-refractivity contribution in [1.82, 2.24) is 10.2 Å². The Morgan fingerprint density at radius 1 is 0.912 bits per heavy atom. The molecule has 1 aliphatic rings. The summed E-state index contributed by atoms with van der Waals surface area (Å²) in [5.74, 6) is -1.79. The second kappa shape index (κ2) is 9.79. The highest BCUT2D eigenvalue weighted by atomic mass is 16.5. The molecule has 0 radical (unpaired) electrons. The van der Waals surface area contributed by atoms with Crippen molar-refractivity contribution in [3.8, 4) is 11.1 Å². The van der Waals surface area contributed by atoms with Gasteiger partial charge < -0.3 is 20.1 Å². The molecule has 1 aliphatic carbocycles. The third-order valence-corrected chi connectivity index (χ3v) is 6.27. The molecular formula is C27H26N2O5. The van der Waals surface area contributed by atoms with Crippen molar-refractivity contribution < 1.29 is 24.2 Å². The van der Waals surface area contributed by atoms with Gasteiger partial charge in [0.05, 0.1) is 0 Å². The molecule has 1 unspecified atom stereocenters. The number of rotatable bonds is 7. The first-order valence-electron chi connectivity index (χ1n) is 11.0. The monoisotopic (exact) mass is 458 g/mol. The van der Waals surface area contributed by atoms with E-state index in [1.807, 2.05) is 36.4 Å². The minimum Gasteiger partial charge on any atom is -0.480 e. The van der Waals surface area contributed by atoms with E-state index in [2.05, 4.69) is 17.4 Å². The topological polar surface area (TPSA) is 95.9 Å². The molecule has 0 saturated heterocycles. The number of hydrogen-bond donors (Lipinski definition) is 2. The molecule has 3 aromatic rings. The van der Waals surface area contributed by atoms with E-state index in [9.17, 15) is 19.5 Å². The molecule has 0 spiro atoms. The lowest BCUT2D eigenvalue weighted by atomic mass is 9.98. The van der Waals surface area contributed by atoms with E-state index in [1.165, 1.54) is 14.0 Å². The smallest absolute Gasteiger partial charge is 0.408 e. The van der Waals surface area contributed by atoms with E-state index in [0.717, 1.165) is 27.2 Å². The lowest BCUT2D eigenvalue weighted by Gasteiger charge is -2.27. The van der Waals surface area contributed by atoms with Gasteiger partial charge in [0, 0.05) is 13.0 Å². The molecule has 0 saturated carbocycles. The van der Waals surface area contributed by atoms with Crippen molar-refractivity contribution >= 4 is 18.0 Å². The second-order valence-electron chi connectivity index (χ2n) is 8.28. The Hall–Kier alpha value is -4.13. The highest BCUT2D eigenvalue weighted by Gasteiger charge is 2.32. The number of ether oxygens (including phenoxy) is 1. The maximum atomic E-state index is 13.1. The molecule has 3 aromatic carbocycles. The Kier molecular flexibility index (Phi) is 6.63. The second-order valence-corrected chi connectivity index (χ2v) is 8.28. The summed E-state index contributed by atoms with van der Waals surface area (Å²) >= 11 is 0. The maximum Gasteiger partial charge on any atom is 0.408 e. The van der Waals surface area contributed by atoms with Crippen LogP contribution < -0.4 is 5.32 Å². The van der Waals surface area contributed by atoms with Crippen LogP contribution in [-0.4, -0.2) is 47.7 Å². The largest absolute Gasteiger partial charge is 0.480 e. The first kappa shape index (κ1) is 23.0. The zero-order valence-electron chi connectivity index (χ0n) is 19.0. The van der Waals surface area contributed by atoms with Crippen molar-refractivity contribution in [3.63, 3.8) is 0 Å². The summed E-state index contributed by atoms with van der Waals surface area (Å²) in [7, 11) is 1.40. The molecule has 0 fully saturated rings. The number of benzene rings is 3. The lowest BCUT2D eigenvalue weighted by molar-refractivity contribution is -0.149. The van der Waals surface area contributed by atoms with Crippen molar-refractivity contribution in [2.24, 2.45) is 0 Å². The zero-order chi connectivity index (χ0) is 24.2. The van der Waals surface area contributed by atoms with Crippen LogP contribution in [-0.2, 0) is 14.3 Å². The fourth-order valence-electron chi connectivity index (χ4n) is 4.25. The number of nitrogens with zero attached hydrogens (tertiary/aromatic N) is 1. The quantitative estimate of drug-likeness (QED) is 0.553. The van der Waals surface area contributed by atoms with E-state index >= 15 is 0 Å². The van der Waals surface area contributed by atoms with Gasteiger partial charge in [-0.05, 0) is 34.7 Å². The number of likely N-dealkylation sites (N-methyl/N-ethyl adjacent to an activating group) is 1. The Morgan fingerprint density at radius 3 is 2.00 bits per heavy atom. The van der Waals surface area contributed by atoms with Crippen LogP contribution in [0.1, 0.15) is 35.6 Å². The molecular weight excluding hydrogens is 432 g/mol. The molecule has 0 aliphatic heterocycles. The predicted molar refractivity (Wildman–Crippen MR) is 127 cm³/mol. The van der Waals surface area contributed by atoms with Crippen molar-refractivity contribution in [2.75, 3.05) is 13.7 Å². The summed E-state index contributed by atoms with van der Waals surface area (Å²) in [4.78, 5) is 38.4. The van der Waals surface area contributed by atoms with E-state index in [-0.39, 0.29) is 12.5 Å². The van der Waals surface area contributed by atoms with Crippen LogP contribution in [0.15, 0.2) is 78.9 Å². The number of carboxylic acid groups (broad SMARTS) is 1. The first-order valence-corrected chi connectivity index (χ1v) is 11.0. The van der Waals surface area contributed by atoms with Gasteiger partial charge in [-0.15, -0.1) is 0 Å². The molecule has 7 heteroatoms. The number of nitrogens with one attached hydrogen (secondary N) is 1. The minimum absolute atomic E-state index is 0.108. The number of carbonyl (C=O) groups is 3. The fourth-order valence-corrected chi connectivity index (χ4v) is 4.25. The first-order chi connectivity index (χ1) is 16.4. The molecule has 34 heavy (non-hydrogen) atoms. The molecule has 7 nitrogen and oxygen atoms in total. The normalized spacial score (nSPS) is 13.8.